The van der Waals surface area contributed by atoms with Crippen molar-refractivity contribution in [1.29, 1.82) is 0 Å². The highest BCUT2D eigenvalue weighted by atomic mass is 32.2. The molecule has 0 radical (unpaired) electrons. The summed E-state index contributed by atoms with van der Waals surface area (Å²) in [5, 5.41) is 12.7. The van der Waals surface area contributed by atoms with Gasteiger partial charge in [-0.1, -0.05) is 31.5 Å². The molecular formula is C20H30N4O3S. The third kappa shape index (κ3) is 5.17. The third-order valence-corrected chi connectivity index (χ3v) is 6.30. The van der Waals surface area contributed by atoms with Crippen LogP contribution in [0, 0.1) is 12.8 Å². The number of thioether (sulfide) groups is 1. The molecule has 1 fully saturated rings. The first-order valence-electron chi connectivity index (χ1n) is 9.99. The largest absolute Gasteiger partial charge is 0.469 e. The maximum Gasteiger partial charge on any atom is 0.230 e. The predicted octanol–water partition coefficient (Wildman–Crippen LogP) is 3.67. The summed E-state index contributed by atoms with van der Waals surface area (Å²) in [6, 6.07) is 2.20. The fourth-order valence-electron chi connectivity index (χ4n) is 3.69. The van der Waals surface area contributed by atoms with Crippen LogP contribution in [-0.2, 0) is 16.1 Å². The van der Waals surface area contributed by atoms with Crippen LogP contribution in [0.1, 0.15) is 44.8 Å². The first-order chi connectivity index (χ1) is 13.6. The molecule has 2 atom stereocenters. The van der Waals surface area contributed by atoms with E-state index in [9.17, 15) is 4.79 Å². The zero-order chi connectivity index (χ0) is 19.9. The molecule has 154 valence electrons. The molecule has 2 unspecified atom stereocenters. The van der Waals surface area contributed by atoms with Crippen LogP contribution in [0.4, 0.5) is 0 Å². The van der Waals surface area contributed by atoms with E-state index in [1.165, 1.54) is 31.0 Å². The standard InChI is InChI=1S/C20H30N4O3S/c1-14-7-4-5-8-17(14)21-18(25)13-28-20-23-22-19(16-9-12-27-15(16)2)24(20)10-6-11-26-3/h9,12,14,17H,4-8,10-11,13H2,1-3H3,(H,21,25). The minimum atomic E-state index is 0.0660. The lowest BCUT2D eigenvalue weighted by molar-refractivity contribution is -0.119. The molecule has 2 aromatic heterocycles. The maximum absolute atomic E-state index is 12.5. The number of aryl methyl sites for hydroxylation is 1. The molecule has 1 aliphatic rings. The number of hydrogen-bond donors (Lipinski definition) is 1. The number of nitrogens with one attached hydrogen (secondary N) is 1. The molecule has 0 aliphatic heterocycles. The van der Waals surface area contributed by atoms with Crippen LogP contribution in [0.15, 0.2) is 21.9 Å². The number of carbonyl (C=O) groups is 1. The number of methoxy groups -OCH3 is 1. The highest BCUT2D eigenvalue weighted by Crippen LogP contribution is 2.28. The second-order valence-electron chi connectivity index (χ2n) is 7.42. The summed E-state index contributed by atoms with van der Waals surface area (Å²) >= 11 is 1.43. The van der Waals surface area contributed by atoms with Crippen LogP contribution in [0.2, 0.25) is 0 Å². The number of carbonyl (C=O) groups excluding carboxylic acids is 1. The van der Waals surface area contributed by atoms with Crippen molar-refractivity contribution in [3.63, 3.8) is 0 Å². The molecule has 0 spiro atoms. The van der Waals surface area contributed by atoms with Crippen molar-refractivity contribution in [2.24, 2.45) is 5.92 Å². The van der Waals surface area contributed by atoms with E-state index in [0.717, 1.165) is 41.7 Å². The number of ether oxygens (including phenoxy) is 1. The summed E-state index contributed by atoms with van der Waals surface area (Å²) in [4.78, 5) is 12.5. The Morgan fingerprint density at radius 2 is 2.21 bits per heavy atom. The quantitative estimate of drug-likeness (QED) is 0.505. The van der Waals surface area contributed by atoms with Crippen molar-refractivity contribution in [2.75, 3.05) is 19.5 Å². The topological polar surface area (TPSA) is 82.2 Å². The number of hydrogen-bond acceptors (Lipinski definition) is 6. The van der Waals surface area contributed by atoms with E-state index in [1.807, 2.05) is 13.0 Å². The molecule has 3 rings (SSSR count). The summed E-state index contributed by atoms with van der Waals surface area (Å²) in [5.74, 6) is 2.54. The number of nitrogens with zero attached hydrogens (tertiary/aromatic N) is 3. The summed E-state index contributed by atoms with van der Waals surface area (Å²) < 4.78 is 12.7. The monoisotopic (exact) mass is 406 g/mol. The lowest BCUT2D eigenvalue weighted by Crippen LogP contribution is -2.41. The SMILES string of the molecule is COCCCn1c(SCC(=O)NC2CCCCC2C)nnc1-c1ccoc1C. The smallest absolute Gasteiger partial charge is 0.230 e. The van der Waals surface area contributed by atoms with Gasteiger partial charge in [-0.3, -0.25) is 4.79 Å². The molecule has 2 aromatic rings. The number of amides is 1. The molecule has 1 amide bonds. The molecule has 2 heterocycles. The molecule has 1 saturated carbocycles. The molecule has 1 N–H and O–H groups in total. The molecule has 0 aromatic carbocycles. The van der Waals surface area contributed by atoms with Crippen LogP contribution < -0.4 is 5.32 Å². The van der Waals surface area contributed by atoms with Gasteiger partial charge < -0.3 is 19.0 Å². The Balaban J connectivity index is 1.66. The van der Waals surface area contributed by atoms with Gasteiger partial charge in [0.05, 0.1) is 17.6 Å². The predicted molar refractivity (Wildman–Crippen MR) is 109 cm³/mol. The molecule has 0 saturated heterocycles. The molecular weight excluding hydrogens is 376 g/mol. The number of furan rings is 1. The zero-order valence-corrected chi connectivity index (χ0v) is 17.8. The molecule has 28 heavy (non-hydrogen) atoms. The van der Waals surface area contributed by atoms with Crippen LogP contribution >= 0.6 is 11.8 Å². The van der Waals surface area contributed by atoms with Gasteiger partial charge in [-0.2, -0.15) is 0 Å². The first kappa shape index (κ1) is 20.9. The maximum atomic E-state index is 12.5. The Bertz CT molecular complexity index is 773. The average Bonchev–Trinajstić information content (AvgIpc) is 3.28. The Kier molecular flexibility index (Phi) is 7.56. The van der Waals surface area contributed by atoms with Crippen LogP contribution in [0.3, 0.4) is 0 Å². The summed E-state index contributed by atoms with van der Waals surface area (Å²) in [5.41, 5.74) is 0.928. The van der Waals surface area contributed by atoms with Crippen molar-refractivity contribution >= 4 is 17.7 Å². The fourth-order valence-corrected chi connectivity index (χ4v) is 4.47. The van der Waals surface area contributed by atoms with E-state index in [0.29, 0.717) is 24.3 Å². The zero-order valence-electron chi connectivity index (χ0n) is 16.9. The lowest BCUT2D eigenvalue weighted by atomic mass is 9.86. The summed E-state index contributed by atoms with van der Waals surface area (Å²) in [7, 11) is 1.69. The van der Waals surface area contributed by atoms with Gasteiger partial charge in [0.25, 0.3) is 0 Å². The summed E-state index contributed by atoms with van der Waals surface area (Å²) in [6.07, 6.45) is 7.24. The van der Waals surface area contributed by atoms with Crippen LogP contribution in [0.25, 0.3) is 11.4 Å². The minimum absolute atomic E-state index is 0.0660. The highest BCUT2D eigenvalue weighted by Gasteiger charge is 2.23. The molecule has 8 heteroatoms. The van der Waals surface area contributed by atoms with Crippen molar-refractivity contribution < 1.29 is 13.9 Å². The second kappa shape index (κ2) is 10.1. The van der Waals surface area contributed by atoms with Gasteiger partial charge in [-0.25, -0.2) is 0 Å². The van der Waals surface area contributed by atoms with Crippen molar-refractivity contribution in [1.82, 2.24) is 20.1 Å². The van der Waals surface area contributed by atoms with E-state index in [-0.39, 0.29) is 5.91 Å². The van der Waals surface area contributed by atoms with Gasteiger partial charge >= 0.3 is 0 Å². The lowest BCUT2D eigenvalue weighted by Gasteiger charge is -2.29. The van der Waals surface area contributed by atoms with Gasteiger partial charge in [0.15, 0.2) is 11.0 Å². The Morgan fingerprint density at radius 1 is 1.39 bits per heavy atom. The second-order valence-corrected chi connectivity index (χ2v) is 8.36. The minimum Gasteiger partial charge on any atom is -0.469 e. The van der Waals surface area contributed by atoms with Crippen molar-refractivity contribution in [2.45, 2.75) is 63.7 Å². The van der Waals surface area contributed by atoms with Crippen LogP contribution in [-0.4, -0.2) is 46.2 Å². The van der Waals surface area contributed by atoms with E-state index in [4.69, 9.17) is 9.15 Å². The average molecular weight is 407 g/mol. The first-order valence-corrected chi connectivity index (χ1v) is 11.0. The number of aromatic nitrogens is 3. The highest BCUT2D eigenvalue weighted by molar-refractivity contribution is 7.99. The molecule has 7 nitrogen and oxygen atoms in total. The molecule has 0 bridgehead atoms. The van der Waals surface area contributed by atoms with E-state index in [2.05, 4.69) is 27.0 Å². The van der Waals surface area contributed by atoms with Gasteiger partial charge in [0, 0.05) is 26.3 Å². The fraction of sp³-hybridized carbons (Fsp3) is 0.650. The Morgan fingerprint density at radius 3 is 2.93 bits per heavy atom. The van der Waals surface area contributed by atoms with Gasteiger partial charge in [-0.05, 0) is 38.2 Å². The van der Waals surface area contributed by atoms with Gasteiger partial charge in [0.1, 0.15) is 5.76 Å². The van der Waals surface area contributed by atoms with Crippen molar-refractivity contribution in [3.8, 4) is 11.4 Å². The van der Waals surface area contributed by atoms with Gasteiger partial charge in [-0.15, -0.1) is 10.2 Å². The summed E-state index contributed by atoms with van der Waals surface area (Å²) in [6.45, 7) is 5.52. The van der Waals surface area contributed by atoms with E-state index in [1.54, 1.807) is 13.4 Å². The van der Waals surface area contributed by atoms with E-state index >= 15 is 0 Å². The normalized spacial score (nSPS) is 19.7. The van der Waals surface area contributed by atoms with E-state index < -0.39 is 0 Å². The third-order valence-electron chi connectivity index (χ3n) is 5.34. The van der Waals surface area contributed by atoms with Crippen molar-refractivity contribution in [3.05, 3.63) is 18.1 Å². The Hall–Kier alpha value is -1.80. The molecule has 1 aliphatic carbocycles. The Labute approximate surface area is 170 Å². The van der Waals surface area contributed by atoms with Gasteiger partial charge in [0.2, 0.25) is 5.91 Å². The number of rotatable bonds is 9. The van der Waals surface area contributed by atoms with Crippen LogP contribution in [0.5, 0.6) is 0 Å².